The van der Waals surface area contributed by atoms with Gasteiger partial charge < -0.3 is 5.32 Å². The quantitative estimate of drug-likeness (QED) is 0.812. The second-order valence-corrected chi connectivity index (χ2v) is 5.23. The summed E-state index contributed by atoms with van der Waals surface area (Å²) in [6.07, 6.45) is 1.09. The molecule has 2 rings (SSSR count). The molecule has 0 fully saturated rings. The molecule has 0 aliphatic rings. The number of anilines is 1. The van der Waals surface area contributed by atoms with E-state index in [9.17, 15) is 0 Å². The van der Waals surface area contributed by atoms with Gasteiger partial charge in [0.15, 0.2) is 0 Å². The number of aryl methyl sites for hydroxylation is 1. The number of hydrogen-bond acceptors (Lipinski definition) is 1. The van der Waals surface area contributed by atoms with Crippen molar-refractivity contribution in [2.24, 2.45) is 0 Å². The summed E-state index contributed by atoms with van der Waals surface area (Å²) in [6, 6.07) is 17.1. The average molecular weight is 337 g/mol. The van der Waals surface area contributed by atoms with Gasteiger partial charge in [-0.05, 0) is 64.4 Å². The van der Waals surface area contributed by atoms with Crippen LogP contribution >= 0.6 is 22.6 Å². The lowest BCUT2D eigenvalue weighted by atomic mass is 10.1. The Hall–Kier alpha value is -1.03. The van der Waals surface area contributed by atoms with Crippen LogP contribution in [-0.2, 0) is 13.0 Å². The highest BCUT2D eigenvalue weighted by Gasteiger charge is 1.99. The molecule has 2 heteroatoms. The first-order valence-corrected chi connectivity index (χ1v) is 6.93. The van der Waals surface area contributed by atoms with E-state index in [0.29, 0.717) is 0 Å². The van der Waals surface area contributed by atoms with Crippen molar-refractivity contribution in [3.05, 3.63) is 63.2 Å². The summed E-state index contributed by atoms with van der Waals surface area (Å²) in [5.41, 5.74) is 3.98. The molecule has 0 unspecified atom stereocenters. The van der Waals surface area contributed by atoms with Gasteiger partial charge in [-0.3, -0.25) is 0 Å². The third-order valence-corrected chi connectivity index (χ3v) is 3.55. The van der Waals surface area contributed by atoms with Crippen molar-refractivity contribution >= 4 is 28.3 Å². The number of hydrogen-bond donors (Lipinski definition) is 1. The van der Waals surface area contributed by atoms with Gasteiger partial charge in [-0.15, -0.1) is 0 Å². The summed E-state index contributed by atoms with van der Waals surface area (Å²) in [6.45, 7) is 3.09. The molecule has 17 heavy (non-hydrogen) atoms. The fourth-order valence-electron chi connectivity index (χ4n) is 1.84. The van der Waals surface area contributed by atoms with E-state index in [1.54, 1.807) is 0 Å². The third-order valence-electron chi connectivity index (χ3n) is 2.83. The molecular weight excluding hydrogens is 321 g/mol. The SMILES string of the molecule is CCc1ccccc1CNc1ccc(I)cc1. The summed E-state index contributed by atoms with van der Waals surface area (Å²) >= 11 is 2.32. The molecule has 0 saturated carbocycles. The summed E-state index contributed by atoms with van der Waals surface area (Å²) in [5.74, 6) is 0. The highest BCUT2D eigenvalue weighted by atomic mass is 127. The molecule has 2 aromatic rings. The minimum Gasteiger partial charge on any atom is -0.381 e. The minimum absolute atomic E-state index is 0.893. The zero-order chi connectivity index (χ0) is 12.1. The number of rotatable bonds is 4. The van der Waals surface area contributed by atoms with Gasteiger partial charge in [-0.1, -0.05) is 31.2 Å². The highest BCUT2D eigenvalue weighted by Crippen LogP contribution is 2.14. The van der Waals surface area contributed by atoms with Gasteiger partial charge in [0.25, 0.3) is 0 Å². The van der Waals surface area contributed by atoms with Crippen LogP contribution in [0.25, 0.3) is 0 Å². The first kappa shape index (κ1) is 12.4. The predicted molar refractivity (Wildman–Crippen MR) is 82.3 cm³/mol. The van der Waals surface area contributed by atoms with Gasteiger partial charge in [0.1, 0.15) is 0 Å². The Morgan fingerprint density at radius 2 is 1.59 bits per heavy atom. The standard InChI is InChI=1S/C15H16IN/c1-2-12-5-3-4-6-13(12)11-17-15-9-7-14(16)8-10-15/h3-10,17H,2,11H2,1H3. The summed E-state index contributed by atoms with van der Waals surface area (Å²) in [5, 5.41) is 3.46. The fourth-order valence-corrected chi connectivity index (χ4v) is 2.20. The van der Waals surface area contributed by atoms with E-state index in [-0.39, 0.29) is 0 Å². The number of halogens is 1. The van der Waals surface area contributed by atoms with E-state index in [2.05, 4.69) is 83.4 Å². The van der Waals surface area contributed by atoms with E-state index in [1.807, 2.05) is 0 Å². The van der Waals surface area contributed by atoms with Crippen LogP contribution in [0.5, 0.6) is 0 Å². The number of benzene rings is 2. The summed E-state index contributed by atoms with van der Waals surface area (Å²) in [4.78, 5) is 0. The van der Waals surface area contributed by atoms with Crippen LogP contribution in [-0.4, -0.2) is 0 Å². The van der Waals surface area contributed by atoms with Crippen LogP contribution in [0.15, 0.2) is 48.5 Å². The van der Waals surface area contributed by atoms with E-state index in [0.717, 1.165) is 13.0 Å². The van der Waals surface area contributed by atoms with Crippen LogP contribution in [0.2, 0.25) is 0 Å². The molecule has 2 aromatic carbocycles. The first-order chi connectivity index (χ1) is 8.29. The second kappa shape index (κ2) is 6.05. The van der Waals surface area contributed by atoms with Crippen molar-refractivity contribution in [2.75, 3.05) is 5.32 Å². The van der Waals surface area contributed by atoms with Crippen LogP contribution in [0.4, 0.5) is 5.69 Å². The summed E-state index contributed by atoms with van der Waals surface area (Å²) in [7, 11) is 0. The Bertz CT molecular complexity index is 477. The van der Waals surface area contributed by atoms with Crippen molar-refractivity contribution in [3.8, 4) is 0 Å². The molecule has 0 bridgehead atoms. The molecule has 0 radical (unpaired) electrons. The van der Waals surface area contributed by atoms with Crippen molar-refractivity contribution < 1.29 is 0 Å². The van der Waals surface area contributed by atoms with E-state index in [1.165, 1.54) is 20.4 Å². The van der Waals surface area contributed by atoms with Crippen LogP contribution in [0, 0.1) is 3.57 Å². The van der Waals surface area contributed by atoms with Crippen LogP contribution in [0.3, 0.4) is 0 Å². The Labute approximate surface area is 116 Å². The summed E-state index contributed by atoms with van der Waals surface area (Å²) < 4.78 is 1.27. The fraction of sp³-hybridized carbons (Fsp3) is 0.200. The lowest BCUT2D eigenvalue weighted by Gasteiger charge is -2.10. The molecule has 0 saturated heterocycles. The average Bonchev–Trinajstić information content (AvgIpc) is 2.38. The molecule has 0 aliphatic carbocycles. The van der Waals surface area contributed by atoms with Crippen LogP contribution < -0.4 is 5.32 Å². The molecule has 0 aromatic heterocycles. The minimum atomic E-state index is 0.893. The van der Waals surface area contributed by atoms with Crippen molar-refractivity contribution in [1.29, 1.82) is 0 Å². The van der Waals surface area contributed by atoms with E-state index in [4.69, 9.17) is 0 Å². The topological polar surface area (TPSA) is 12.0 Å². The highest BCUT2D eigenvalue weighted by molar-refractivity contribution is 14.1. The first-order valence-electron chi connectivity index (χ1n) is 5.86. The Morgan fingerprint density at radius 1 is 0.941 bits per heavy atom. The zero-order valence-electron chi connectivity index (χ0n) is 9.91. The molecule has 0 aliphatic heterocycles. The molecule has 1 N–H and O–H groups in total. The maximum absolute atomic E-state index is 3.46. The monoisotopic (exact) mass is 337 g/mol. The second-order valence-electron chi connectivity index (χ2n) is 3.98. The molecule has 0 atom stereocenters. The predicted octanol–water partition coefficient (Wildman–Crippen LogP) is 4.47. The smallest absolute Gasteiger partial charge is 0.0403 e. The van der Waals surface area contributed by atoms with Gasteiger partial charge in [-0.25, -0.2) is 0 Å². The lowest BCUT2D eigenvalue weighted by molar-refractivity contribution is 1.04. The Morgan fingerprint density at radius 3 is 2.24 bits per heavy atom. The van der Waals surface area contributed by atoms with Gasteiger partial charge in [0, 0.05) is 15.8 Å². The van der Waals surface area contributed by atoms with Crippen molar-refractivity contribution in [3.63, 3.8) is 0 Å². The molecule has 0 heterocycles. The van der Waals surface area contributed by atoms with Gasteiger partial charge in [-0.2, -0.15) is 0 Å². The number of nitrogens with one attached hydrogen (secondary N) is 1. The third kappa shape index (κ3) is 3.46. The van der Waals surface area contributed by atoms with Crippen molar-refractivity contribution in [2.45, 2.75) is 19.9 Å². The lowest BCUT2D eigenvalue weighted by Crippen LogP contribution is -2.02. The Kier molecular flexibility index (Phi) is 4.42. The maximum Gasteiger partial charge on any atom is 0.0403 e. The maximum atomic E-state index is 3.46. The molecule has 0 amide bonds. The van der Waals surface area contributed by atoms with E-state index >= 15 is 0 Å². The van der Waals surface area contributed by atoms with Gasteiger partial charge in [0.05, 0.1) is 0 Å². The zero-order valence-corrected chi connectivity index (χ0v) is 12.1. The largest absolute Gasteiger partial charge is 0.381 e. The van der Waals surface area contributed by atoms with Gasteiger partial charge >= 0.3 is 0 Å². The van der Waals surface area contributed by atoms with Crippen LogP contribution in [0.1, 0.15) is 18.1 Å². The molecule has 0 spiro atoms. The molecular formula is C15H16IN. The Balaban J connectivity index is 2.04. The van der Waals surface area contributed by atoms with Gasteiger partial charge in [0.2, 0.25) is 0 Å². The molecule has 88 valence electrons. The van der Waals surface area contributed by atoms with E-state index < -0.39 is 0 Å². The molecule has 1 nitrogen and oxygen atoms in total. The normalized spacial score (nSPS) is 10.2. The van der Waals surface area contributed by atoms with Crippen molar-refractivity contribution in [1.82, 2.24) is 0 Å².